The lowest BCUT2D eigenvalue weighted by atomic mass is 10.1. The summed E-state index contributed by atoms with van der Waals surface area (Å²) >= 11 is 0. The lowest BCUT2D eigenvalue weighted by molar-refractivity contribution is 0.222. The van der Waals surface area contributed by atoms with Crippen molar-refractivity contribution in [2.45, 2.75) is 12.8 Å². The number of aromatic nitrogens is 1. The SMILES string of the molecule is Nc1ccc(-c2ccc(F)cc2)nc1NC(=O)N1CCCC1. The molecule has 0 radical (unpaired) electrons. The molecule has 1 aliphatic heterocycles. The van der Waals surface area contributed by atoms with Crippen molar-refractivity contribution >= 4 is 17.5 Å². The van der Waals surface area contributed by atoms with E-state index in [1.54, 1.807) is 29.2 Å². The van der Waals surface area contributed by atoms with E-state index in [9.17, 15) is 9.18 Å². The van der Waals surface area contributed by atoms with Gasteiger partial charge in [-0.1, -0.05) is 0 Å². The van der Waals surface area contributed by atoms with Gasteiger partial charge >= 0.3 is 6.03 Å². The first-order valence-corrected chi connectivity index (χ1v) is 7.22. The standard InChI is InChI=1S/C16H17FN4O/c17-12-5-3-11(4-6-12)14-8-7-13(18)15(19-14)20-16(22)21-9-1-2-10-21/h3-8H,1-2,9-10,18H2,(H,19,20,22). The van der Waals surface area contributed by atoms with Crippen molar-refractivity contribution in [1.82, 2.24) is 9.88 Å². The fourth-order valence-corrected chi connectivity index (χ4v) is 2.45. The third-order valence-electron chi connectivity index (χ3n) is 3.69. The van der Waals surface area contributed by atoms with E-state index in [1.165, 1.54) is 12.1 Å². The lowest BCUT2D eigenvalue weighted by Crippen LogP contribution is -2.32. The van der Waals surface area contributed by atoms with Gasteiger partial charge in [-0.05, 0) is 49.2 Å². The van der Waals surface area contributed by atoms with Gasteiger partial charge in [0.2, 0.25) is 0 Å². The summed E-state index contributed by atoms with van der Waals surface area (Å²) in [6.45, 7) is 1.51. The summed E-state index contributed by atoms with van der Waals surface area (Å²) < 4.78 is 13.0. The normalized spacial score (nSPS) is 14.1. The van der Waals surface area contributed by atoms with Gasteiger partial charge < -0.3 is 10.6 Å². The maximum atomic E-state index is 13.0. The van der Waals surface area contributed by atoms with Gasteiger partial charge in [-0.3, -0.25) is 5.32 Å². The minimum absolute atomic E-state index is 0.187. The summed E-state index contributed by atoms with van der Waals surface area (Å²) in [7, 11) is 0. The first-order chi connectivity index (χ1) is 10.6. The average molecular weight is 300 g/mol. The summed E-state index contributed by atoms with van der Waals surface area (Å²) in [4.78, 5) is 18.2. The number of hydrogen-bond acceptors (Lipinski definition) is 3. The van der Waals surface area contributed by atoms with Gasteiger partial charge in [0.15, 0.2) is 5.82 Å². The van der Waals surface area contributed by atoms with Crippen LogP contribution in [0.1, 0.15) is 12.8 Å². The highest BCUT2D eigenvalue weighted by molar-refractivity contribution is 5.91. The minimum Gasteiger partial charge on any atom is -0.396 e. The van der Waals surface area contributed by atoms with Crippen LogP contribution in [-0.2, 0) is 0 Å². The smallest absolute Gasteiger partial charge is 0.323 e. The Kier molecular flexibility index (Phi) is 3.91. The number of rotatable bonds is 2. The van der Waals surface area contributed by atoms with Crippen molar-refractivity contribution in [3.8, 4) is 11.3 Å². The van der Waals surface area contributed by atoms with E-state index < -0.39 is 0 Å². The highest BCUT2D eigenvalue weighted by atomic mass is 19.1. The number of nitrogens with two attached hydrogens (primary N) is 1. The Morgan fingerprint density at radius 1 is 1.14 bits per heavy atom. The second-order valence-electron chi connectivity index (χ2n) is 5.27. The van der Waals surface area contributed by atoms with Crippen LogP contribution in [0.3, 0.4) is 0 Å². The van der Waals surface area contributed by atoms with Gasteiger partial charge in [0.05, 0.1) is 11.4 Å². The van der Waals surface area contributed by atoms with Crippen LogP contribution in [0.25, 0.3) is 11.3 Å². The number of pyridine rings is 1. The van der Waals surface area contributed by atoms with E-state index in [2.05, 4.69) is 10.3 Å². The molecule has 0 saturated carbocycles. The van der Waals surface area contributed by atoms with E-state index in [0.717, 1.165) is 31.5 Å². The number of halogens is 1. The number of benzene rings is 1. The quantitative estimate of drug-likeness (QED) is 0.895. The molecule has 3 rings (SSSR count). The largest absolute Gasteiger partial charge is 0.396 e. The molecular weight excluding hydrogens is 283 g/mol. The number of anilines is 2. The number of nitrogens with one attached hydrogen (secondary N) is 1. The van der Waals surface area contributed by atoms with E-state index >= 15 is 0 Å². The van der Waals surface area contributed by atoms with Crippen LogP contribution in [0.4, 0.5) is 20.7 Å². The lowest BCUT2D eigenvalue weighted by Gasteiger charge is -2.17. The Morgan fingerprint density at radius 2 is 1.82 bits per heavy atom. The van der Waals surface area contributed by atoms with Gasteiger partial charge in [-0.2, -0.15) is 0 Å². The van der Waals surface area contributed by atoms with Crippen molar-refractivity contribution in [3.63, 3.8) is 0 Å². The number of nitrogen functional groups attached to an aromatic ring is 1. The zero-order chi connectivity index (χ0) is 15.5. The molecule has 0 unspecified atom stereocenters. The van der Waals surface area contributed by atoms with Crippen molar-refractivity contribution in [2.24, 2.45) is 0 Å². The van der Waals surface area contributed by atoms with E-state index in [0.29, 0.717) is 17.2 Å². The van der Waals surface area contributed by atoms with Gasteiger partial charge in [0, 0.05) is 18.7 Å². The fraction of sp³-hybridized carbons (Fsp3) is 0.250. The first-order valence-electron chi connectivity index (χ1n) is 7.22. The number of carbonyl (C=O) groups is 1. The van der Waals surface area contributed by atoms with E-state index in [-0.39, 0.29) is 11.8 Å². The maximum Gasteiger partial charge on any atom is 0.323 e. The molecule has 0 atom stereocenters. The molecule has 114 valence electrons. The van der Waals surface area contributed by atoms with Crippen LogP contribution in [0.15, 0.2) is 36.4 Å². The Hall–Kier alpha value is -2.63. The third kappa shape index (κ3) is 3.00. The Morgan fingerprint density at radius 3 is 2.50 bits per heavy atom. The number of hydrogen-bond donors (Lipinski definition) is 2. The number of nitrogens with zero attached hydrogens (tertiary/aromatic N) is 2. The van der Waals surface area contributed by atoms with Crippen molar-refractivity contribution < 1.29 is 9.18 Å². The van der Waals surface area contributed by atoms with Crippen LogP contribution < -0.4 is 11.1 Å². The summed E-state index contributed by atoms with van der Waals surface area (Å²) in [5.41, 5.74) is 7.68. The highest BCUT2D eigenvalue weighted by Gasteiger charge is 2.19. The molecule has 5 nitrogen and oxygen atoms in total. The molecule has 2 amide bonds. The molecule has 0 bridgehead atoms. The molecule has 3 N–H and O–H groups in total. The number of likely N-dealkylation sites (tertiary alicyclic amines) is 1. The predicted octanol–water partition coefficient (Wildman–Crippen LogP) is 3.10. The van der Waals surface area contributed by atoms with Gasteiger partial charge in [0.25, 0.3) is 0 Å². The average Bonchev–Trinajstić information content (AvgIpc) is 3.05. The van der Waals surface area contributed by atoms with Crippen molar-refractivity contribution in [3.05, 3.63) is 42.2 Å². The second-order valence-corrected chi connectivity index (χ2v) is 5.27. The predicted molar refractivity (Wildman–Crippen MR) is 83.9 cm³/mol. The number of urea groups is 1. The molecule has 1 saturated heterocycles. The number of carbonyl (C=O) groups excluding carboxylic acids is 1. The highest BCUT2D eigenvalue weighted by Crippen LogP contribution is 2.24. The fourth-order valence-electron chi connectivity index (χ4n) is 2.45. The summed E-state index contributed by atoms with van der Waals surface area (Å²) in [6, 6.07) is 9.26. The maximum absolute atomic E-state index is 13.0. The molecule has 1 aromatic carbocycles. The monoisotopic (exact) mass is 300 g/mol. The summed E-state index contributed by atoms with van der Waals surface area (Å²) in [6.07, 6.45) is 2.04. The molecule has 6 heteroatoms. The molecule has 1 aliphatic rings. The molecule has 1 fully saturated rings. The molecule has 22 heavy (non-hydrogen) atoms. The van der Waals surface area contributed by atoms with Crippen LogP contribution in [0, 0.1) is 5.82 Å². The Balaban J connectivity index is 1.83. The molecule has 2 aromatic rings. The van der Waals surface area contributed by atoms with Gasteiger partial charge in [-0.25, -0.2) is 14.2 Å². The van der Waals surface area contributed by atoms with Crippen LogP contribution >= 0.6 is 0 Å². The molecule has 0 aliphatic carbocycles. The zero-order valence-corrected chi connectivity index (χ0v) is 12.1. The summed E-state index contributed by atoms with van der Waals surface area (Å²) in [5.74, 6) is 0.0282. The van der Waals surface area contributed by atoms with Crippen LogP contribution in [0.5, 0.6) is 0 Å². The molecule has 0 spiro atoms. The van der Waals surface area contributed by atoms with E-state index in [4.69, 9.17) is 5.73 Å². The van der Waals surface area contributed by atoms with Crippen molar-refractivity contribution in [2.75, 3.05) is 24.1 Å². The minimum atomic E-state index is -0.304. The van der Waals surface area contributed by atoms with Gasteiger partial charge in [0.1, 0.15) is 5.82 Å². The van der Waals surface area contributed by atoms with Crippen molar-refractivity contribution in [1.29, 1.82) is 0 Å². The second kappa shape index (κ2) is 6.01. The molecule has 1 aromatic heterocycles. The van der Waals surface area contributed by atoms with Gasteiger partial charge in [-0.15, -0.1) is 0 Å². The van der Waals surface area contributed by atoms with Crippen LogP contribution in [-0.4, -0.2) is 29.0 Å². The van der Waals surface area contributed by atoms with Crippen LogP contribution in [0.2, 0.25) is 0 Å². The third-order valence-corrected chi connectivity index (χ3v) is 3.69. The first kappa shape index (κ1) is 14.3. The topological polar surface area (TPSA) is 71.2 Å². The Labute approximate surface area is 128 Å². The zero-order valence-electron chi connectivity index (χ0n) is 12.1. The molecular formula is C16H17FN4O. The Bertz CT molecular complexity index is 681. The summed E-state index contributed by atoms with van der Waals surface area (Å²) in [5, 5.41) is 2.75. The molecule has 2 heterocycles. The number of amides is 2. The van der Waals surface area contributed by atoms with E-state index in [1.807, 2.05) is 0 Å².